The normalized spacial score (nSPS) is 36.0. The van der Waals surface area contributed by atoms with Gasteiger partial charge in [0.1, 0.15) is 12.2 Å². The van der Waals surface area contributed by atoms with Crippen molar-refractivity contribution < 1.29 is 48.2 Å². The summed E-state index contributed by atoms with van der Waals surface area (Å²) >= 11 is 0. The number of hydrogen-bond acceptors (Lipinski definition) is 6. The van der Waals surface area contributed by atoms with Crippen molar-refractivity contribution in [1.29, 1.82) is 0 Å². The zero-order valence-electron chi connectivity index (χ0n) is 10.7. The van der Waals surface area contributed by atoms with Gasteiger partial charge in [-0.1, -0.05) is 0 Å². The minimum absolute atomic E-state index is 0.163. The molecular weight excluding hydrogens is 311 g/mol. The first-order chi connectivity index (χ1) is 9.52. The van der Waals surface area contributed by atoms with Crippen LogP contribution in [0.15, 0.2) is 11.6 Å². The Bertz CT molecular complexity index is 550. The lowest BCUT2D eigenvalue weighted by Crippen LogP contribution is -2.40. The molecule has 1 aliphatic heterocycles. The van der Waals surface area contributed by atoms with Crippen molar-refractivity contribution in [3.8, 4) is 0 Å². The third kappa shape index (κ3) is 3.31. The van der Waals surface area contributed by atoms with E-state index in [1.54, 1.807) is 0 Å². The summed E-state index contributed by atoms with van der Waals surface area (Å²) in [6.07, 6.45) is -2.75. The second kappa shape index (κ2) is 5.16. The molecule has 118 valence electrons. The largest absolute Gasteiger partial charge is 0.478 e. The number of ether oxygens (including phenoxy) is 2. The van der Waals surface area contributed by atoms with Crippen molar-refractivity contribution in [2.45, 2.75) is 37.4 Å². The number of carbonyl (C=O) groups is 2. The zero-order valence-corrected chi connectivity index (χ0v) is 11.6. The number of phosphoric acid groups is 1. The van der Waals surface area contributed by atoms with Crippen molar-refractivity contribution in [3.63, 3.8) is 0 Å². The molecule has 0 radical (unpaired) electrons. The van der Waals surface area contributed by atoms with Gasteiger partial charge in [0.15, 0.2) is 0 Å². The van der Waals surface area contributed by atoms with Crippen LogP contribution in [0, 0.1) is 0 Å². The molecule has 4 N–H and O–H groups in total. The van der Waals surface area contributed by atoms with Crippen LogP contribution in [-0.4, -0.2) is 56.0 Å². The van der Waals surface area contributed by atoms with Crippen molar-refractivity contribution in [1.82, 2.24) is 0 Å². The van der Waals surface area contributed by atoms with Gasteiger partial charge < -0.3 is 29.5 Å². The van der Waals surface area contributed by atoms with Crippen molar-refractivity contribution >= 4 is 19.8 Å². The number of aliphatic carboxylic acids is 2. The monoisotopic (exact) mass is 324 g/mol. The number of rotatable bonds is 4. The predicted octanol–water partition coefficient (Wildman–Crippen LogP) is -0.536. The first-order valence-electron chi connectivity index (χ1n) is 5.79. The first-order valence-corrected chi connectivity index (χ1v) is 7.32. The molecule has 21 heavy (non-hydrogen) atoms. The summed E-state index contributed by atoms with van der Waals surface area (Å²) in [5, 5.41) is 18.0. The van der Waals surface area contributed by atoms with Crippen LogP contribution in [0.4, 0.5) is 0 Å². The van der Waals surface area contributed by atoms with Crippen LogP contribution >= 0.6 is 7.82 Å². The van der Waals surface area contributed by atoms with Gasteiger partial charge in [-0.2, -0.15) is 0 Å². The number of hydrogen-bond donors (Lipinski definition) is 4. The van der Waals surface area contributed by atoms with E-state index in [0.29, 0.717) is 0 Å². The predicted molar refractivity (Wildman–Crippen MR) is 63.0 cm³/mol. The number of carboxylic acid groups (broad SMARTS) is 2. The van der Waals surface area contributed by atoms with Gasteiger partial charge in [-0.25, -0.2) is 14.2 Å². The first kappa shape index (κ1) is 16.1. The Kier molecular flexibility index (Phi) is 3.96. The molecule has 1 saturated heterocycles. The van der Waals surface area contributed by atoms with E-state index in [4.69, 9.17) is 29.5 Å². The molecule has 0 saturated carbocycles. The van der Waals surface area contributed by atoms with E-state index in [0.717, 1.165) is 13.0 Å². The van der Waals surface area contributed by atoms with E-state index in [-0.39, 0.29) is 12.0 Å². The van der Waals surface area contributed by atoms with Crippen LogP contribution in [0.1, 0.15) is 13.3 Å². The maximum atomic E-state index is 11.1. The molecule has 1 heterocycles. The molecule has 4 atom stereocenters. The van der Waals surface area contributed by atoms with Crippen LogP contribution in [0.25, 0.3) is 0 Å². The van der Waals surface area contributed by atoms with E-state index in [1.165, 1.54) is 0 Å². The lowest BCUT2D eigenvalue weighted by Gasteiger charge is -2.28. The van der Waals surface area contributed by atoms with Crippen LogP contribution in [-0.2, 0) is 28.2 Å². The Morgan fingerprint density at radius 3 is 2.48 bits per heavy atom. The van der Waals surface area contributed by atoms with E-state index in [9.17, 15) is 14.2 Å². The lowest BCUT2D eigenvalue weighted by atomic mass is 9.92. The van der Waals surface area contributed by atoms with Gasteiger partial charge in [0.05, 0.1) is 6.10 Å². The fraction of sp³-hybridized carbons (Fsp3) is 0.600. The Labute approximate surface area is 118 Å². The highest BCUT2D eigenvalue weighted by Crippen LogP contribution is 2.45. The number of phosphoric ester groups is 1. The molecule has 1 fully saturated rings. The quantitative estimate of drug-likeness (QED) is 0.494. The summed E-state index contributed by atoms with van der Waals surface area (Å²) in [6.45, 7) is 1.11. The molecule has 2 rings (SSSR count). The van der Waals surface area contributed by atoms with Crippen molar-refractivity contribution in [2.75, 3.05) is 0 Å². The number of fused-ring (bicyclic) bond motifs is 1. The highest BCUT2D eigenvalue weighted by molar-refractivity contribution is 7.46. The molecule has 0 amide bonds. The third-order valence-corrected chi connectivity index (χ3v) is 3.65. The highest BCUT2D eigenvalue weighted by Gasteiger charge is 2.55. The van der Waals surface area contributed by atoms with Gasteiger partial charge in [0.2, 0.25) is 0 Å². The maximum absolute atomic E-state index is 11.1. The zero-order chi connectivity index (χ0) is 16.0. The van der Waals surface area contributed by atoms with Gasteiger partial charge in [-0.3, -0.25) is 4.52 Å². The van der Waals surface area contributed by atoms with E-state index in [1.807, 2.05) is 0 Å². The molecule has 0 aromatic heterocycles. The minimum Gasteiger partial charge on any atom is -0.478 e. The summed E-state index contributed by atoms with van der Waals surface area (Å²) in [4.78, 5) is 39.8. The van der Waals surface area contributed by atoms with Crippen molar-refractivity contribution in [2.24, 2.45) is 0 Å². The fourth-order valence-corrected chi connectivity index (χ4v) is 2.74. The molecule has 2 aliphatic rings. The molecule has 0 unspecified atom stereocenters. The minimum atomic E-state index is -4.93. The van der Waals surface area contributed by atoms with Crippen LogP contribution in [0.3, 0.4) is 0 Å². The average molecular weight is 324 g/mol. The second-order valence-electron chi connectivity index (χ2n) is 4.75. The Balaban J connectivity index is 2.31. The molecule has 1 aliphatic carbocycles. The van der Waals surface area contributed by atoms with Gasteiger partial charge in [0, 0.05) is 18.9 Å². The van der Waals surface area contributed by atoms with Gasteiger partial charge in [-0.15, -0.1) is 0 Å². The molecule has 11 heteroatoms. The molecule has 0 spiro atoms. The van der Waals surface area contributed by atoms with E-state index < -0.39 is 43.9 Å². The average Bonchev–Trinajstić information content (AvgIpc) is 2.65. The molecule has 10 nitrogen and oxygen atoms in total. The SMILES string of the molecule is C[C@]1(C(=O)O)O[C@@H]2[C@H](OP(=O)(O)O)C=C(C(=O)O)C[C@H]2O1. The van der Waals surface area contributed by atoms with E-state index in [2.05, 4.69) is 4.52 Å². The molecule has 0 aromatic carbocycles. The fourth-order valence-electron chi connectivity index (χ4n) is 2.24. The lowest BCUT2D eigenvalue weighted by molar-refractivity contribution is -0.203. The second-order valence-corrected chi connectivity index (χ2v) is 5.94. The Morgan fingerprint density at radius 1 is 1.38 bits per heavy atom. The Morgan fingerprint density at radius 2 is 2.00 bits per heavy atom. The topological polar surface area (TPSA) is 160 Å². The molecular formula is C10H13O10P. The molecule has 0 bridgehead atoms. The van der Waals surface area contributed by atoms with Gasteiger partial charge in [-0.05, 0) is 6.08 Å². The highest BCUT2D eigenvalue weighted by atomic mass is 31.2. The summed E-state index contributed by atoms with van der Waals surface area (Å²) in [7, 11) is -4.93. The van der Waals surface area contributed by atoms with Crippen molar-refractivity contribution in [3.05, 3.63) is 11.6 Å². The number of carboxylic acids is 2. The van der Waals surface area contributed by atoms with E-state index >= 15 is 0 Å². The van der Waals surface area contributed by atoms with Gasteiger partial charge >= 0.3 is 19.8 Å². The maximum Gasteiger partial charge on any atom is 0.470 e. The summed E-state index contributed by atoms with van der Waals surface area (Å²) in [5.74, 6) is -4.79. The standard InChI is InChI=1S/C10H13O10P/c1-10(9(13)14)18-5-2-4(8(11)12)3-6(7(5)19-10)20-21(15,16)17/h3,5-7H,2H2,1H3,(H,11,12)(H,13,14)(H2,15,16,17)/t5-,6-,7+,10-/m1/s1. The molecule has 0 aromatic rings. The Hall–Kier alpha value is -1.29. The van der Waals surface area contributed by atoms with Crippen LogP contribution < -0.4 is 0 Å². The van der Waals surface area contributed by atoms with Gasteiger partial charge in [0.25, 0.3) is 5.79 Å². The third-order valence-electron chi connectivity index (χ3n) is 3.14. The van der Waals surface area contributed by atoms with Crippen LogP contribution in [0.5, 0.6) is 0 Å². The summed E-state index contributed by atoms with van der Waals surface area (Å²) in [5.41, 5.74) is -0.201. The van der Waals surface area contributed by atoms with Crippen LogP contribution in [0.2, 0.25) is 0 Å². The summed E-state index contributed by atoms with van der Waals surface area (Å²) in [6, 6.07) is 0. The summed E-state index contributed by atoms with van der Waals surface area (Å²) < 4.78 is 25.8. The smallest absolute Gasteiger partial charge is 0.470 e.